The van der Waals surface area contributed by atoms with Gasteiger partial charge in [-0.15, -0.1) is 0 Å². The molecule has 1 aromatic carbocycles. The summed E-state index contributed by atoms with van der Waals surface area (Å²) in [5, 5.41) is 0.701. The van der Waals surface area contributed by atoms with Gasteiger partial charge in [0, 0.05) is 11.4 Å². The van der Waals surface area contributed by atoms with Crippen molar-refractivity contribution in [3.05, 3.63) is 28.2 Å². The predicted molar refractivity (Wildman–Crippen MR) is 73.5 cm³/mol. The van der Waals surface area contributed by atoms with Crippen LogP contribution < -0.4 is 4.74 Å². The normalized spacial score (nSPS) is 21.3. The Morgan fingerprint density at radius 3 is 2.68 bits per heavy atom. The molecule has 0 saturated carbocycles. The fourth-order valence-electron chi connectivity index (χ4n) is 1.99. The Labute approximate surface area is 121 Å². The number of esters is 1. The van der Waals surface area contributed by atoms with Gasteiger partial charge in [0.05, 0.1) is 16.5 Å². The van der Waals surface area contributed by atoms with E-state index in [1.54, 1.807) is 6.07 Å². The first-order valence-corrected chi connectivity index (χ1v) is 8.29. The van der Waals surface area contributed by atoms with E-state index in [1.807, 2.05) is 0 Å². The second-order valence-electron chi connectivity index (χ2n) is 4.52. The number of rotatable bonds is 3. The molecule has 0 amide bonds. The van der Waals surface area contributed by atoms with E-state index in [0.717, 1.165) is 0 Å². The lowest BCUT2D eigenvalue weighted by Gasteiger charge is -2.09. The van der Waals surface area contributed by atoms with Crippen LogP contribution in [0.5, 0.6) is 5.75 Å². The molecule has 1 aliphatic heterocycles. The minimum absolute atomic E-state index is 0.0520. The SMILES string of the molecule is O=C(C[C@H]1CCS(=O)(=O)C1)Oc1ccc(Cl)cc1Cl. The molecule has 1 aliphatic rings. The number of benzene rings is 1. The summed E-state index contributed by atoms with van der Waals surface area (Å²) in [6.07, 6.45) is 0.587. The van der Waals surface area contributed by atoms with Crippen LogP contribution in [0, 0.1) is 5.92 Å². The summed E-state index contributed by atoms with van der Waals surface area (Å²) < 4.78 is 27.7. The van der Waals surface area contributed by atoms with Crippen molar-refractivity contribution in [2.45, 2.75) is 12.8 Å². The van der Waals surface area contributed by atoms with Crippen molar-refractivity contribution in [1.82, 2.24) is 0 Å². The number of sulfone groups is 1. The van der Waals surface area contributed by atoms with Crippen LogP contribution in [-0.2, 0) is 14.6 Å². The second kappa shape index (κ2) is 5.69. The van der Waals surface area contributed by atoms with Gasteiger partial charge in [-0.3, -0.25) is 4.79 Å². The van der Waals surface area contributed by atoms with Gasteiger partial charge < -0.3 is 4.74 Å². The van der Waals surface area contributed by atoms with E-state index in [4.69, 9.17) is 27.9 Å². The number of hydrogen-bond donors (Lipinski definition) is 0. The van der Waals surface area contributed by atoms with Crippen LogP contribution in [0.15, 0.2) is 18.2 Å². The van der Waals surface area contributed by atoms with Crippen molar-refractivity contribution in [3.63, 3.8) is 0 Å². The van der Waals surface area contributed by atoms with Gasteiger partial charge >= 0.3 is 5.97 Å². The van der Waals surface area contributed by atoms with Crippen LogP contribution in [0.1, 0.15) is 12.8 Å². The van der Waals surface area contributed by atoms with E-state index < -0.39 is 15.8 Å². The second-order valence-corrected chi connectivity index (χ2v) is 7.59. The van der Waals surface area contributed by atoms with Crippen molar-refractivity contribution in [1.29, 1.82) is 0 Å². The van der Waals surface area contributed by atoms with Crippen molar-refractivity contribution in [2.24, 2.45) is 5.92 Å². The van der Waals surface area contributed by atoms with Crippen LogP contribution in [0.4, 0.5) is 0 Å². The summed E-state index contributed by atoms with van der Waals surface area (Å²) in [5.41, 5.74) is 0. The quantitative estimate of drug-likeness (QED) is 0.634. The van der Waals surface area contributed by atoms with Crippen molar-refractivity contribution in [2.75, 3.05) is 11.5 Å². The van der Waals surface area contributed by atoms with Gasteiger partial charge in [-0.1, -0.05) is 23.2 Å². The van der Waals surface area contributed by atoms with Crippen LogP contribution in [0.2, 0.25) is 10.0 Å². The first-order valence-electron chi connectivity index (χ1n) is 5.72. The van der Waals surface area contributed by atoms with Crippen molar-refractivity contribution < 1.29 is 17.9 Å². The topological polar surface area (TPSA) is 60.4 Å². The third-order valence-electron chi connectivity index (χ3n) is 2.90. The molecule has 19 heavy (non-hydrogen) atoms. The molecule has 0 unspecified atom stereocenters. The Kier molecular flexibility index (Phi) is 4.38. The molecule has 1 saturated heterocycles. The highest BCUT2D eigenvalue weighted by Gasteiger charge is 2.30. The molecule has 0 radical (unpaired) electrons. The molecule has 0 spiro atoms. The van der Waals surface area contributed by atoms with Crippen molar-refractivity contribution >= 4 is 39.0 Å². The Balaban J connectivity index is 1.95. The fourth-order valence-corrected chi connectivity index (χ4v) is 4.30. The zero-order valence-corrected chi connectivity index (χ0v) is 12.3. The Hall–Kier alpha value is -0.780. The van der Waals surface area contributed by atoms with Crippen LogP contribution in [0.25, 0.3) is 0 Å². The third kappa shape index (κ3) is 4.09. The zero-order valence-electron chi connectivity index (χ0n) is 9.93. The highest BCUT2D eigenvalue weighted by atomic mass is 35.5. The molecule has 1 aromatic rings. The summed E-state index contributed by atoms with van der Waals surface area (Å²) in [6, 6.07) is 4.55. The first-order chi connectivity index (χ1) is 8.85. The summed E-state index contributed by atoms with van der Waals surface area (Å²) >= 11 is 11.6. The van der Waals surface area contributed by atoms with E-state index in [2.05, 4.69) is 0 Å². The van der Waals surface area contributed by atoms with Gasteiger partial charge in [0.25, 0.3) is 0 Å². The van der Waals surface area contributed by atoms with E-state index in [9.17, 15) is 13.2 Å². The maximum atomic E-state index is 11.7. The zero-order chi connectivity index (χ0) is 14.0. The summed E-state index contributed by atoms with van der Waals surface area (Å²) in [5.74, 6) is -0.213. The van der Waals surface area contributed by atoms with Gasteiger partial charge in [-0.05, 0) is 30.5 Å². The van der Waals surface area contributed by atoms with Gasteiger partial charge in [0.15, 0.2) is 9.84 Å². The fraction of sp³-hybridized carbons (Fsp3) is 0.417. The molecule has 0 bridgehead atoms. The van der Waals surface area contributed by atoms with E-state index in [1.165, 1.54) is 12.1 Å². The molecular formula is C12H12Cl2O4S. The summed E-state index contributed by atoms with van der Waals surface area (Å²) in [7, 11) is -2.98. The standard InChI is InChI=1S/C12H12Cl2O4S/c13-9-1-2-11(10(14)6-9)18-12(15)5-8-3-4-19(16,17)7-8/h1-2,6,8H,3-5,7H2/t8-/m1/s1. The molecule has 4 nitrogen and oxygen atoms in total. The third-order valence-corrected chi connectivity index (χ3v) is 5.27. The smallest absolute Gasteiger partial charge is 0.311 e. The number of carbonyl (C=O) groups excluding carboxylic acids is 1. The van der Waals surface area contributed by atoms with Gasteiger partial charge in [0.2, 0.25) is 0 Å². The summed E-state index contributed by atoms with van der Waals surface area (Å²) in [6.45, 7) is 0. The van der Waals surface area contributed by atoms with Crippen molar-refractivity contribution in [3.8, 4) is 5.75 Å². The lowest BCUT2D eigenvalue weighted by molar-refractivity contribution is -0.135. The number of ether oxygens (including phenoxy) is 1. The lowest BCUT2D eigenvalue weighted by atomic mass is 10.1. The molecule has 7 heteroatoms. The number of hydrogen-bond acceptors (Lipinski definition) is 4. The largest absolute Gasteiger partial charge is 0.425 e. The molecule has 1 atom stereocenters. The highest BCUT2D eigenvalue weighted by molar-refractivity contribution is 7.91. The minimum Gasteiger partial charge on any atom is -0.425 e. The molecular weight excluding hydrogens is 311 g/mol. The van der Waals surface area contributed by atoms with E-state index >= 15 is 0 Å². The van der Waals surface area contributed by atoms with Crippen LogP contribution >= 0.6 is 23.2 Å². The Bertz CT molecular complexity index is 598. The van der Waals surface area contributed by atoms with E-state index in [0.29, 0.717) is 11.4 Å². The van der Waals surface area contributed by atoms with Gasteiger partial charge in [0.1, 0.15) is 5.75 Å². The van der Waals surface area contributed by atoms with Gasteiger partial charge in [-0.2, -0.15) is 0 Å². The molecule has 0 N–H and O–H groups in total. The summed E-state index contributed by atoms with van der Waals surface area (Å²) in [4.78, 5) is 11.7. The molecule has 0 aliphatic carbocycles. The number of halogens is 2. The molecule has 1 heterocycles. The number of carbonyl (C=O) groups is 1. The average molecular weight is 323 g/mol. The average Bonchev–Trinajstić information content (AvgIpc) is 2.62. The maximum Gasteiger partial charge on any atom is 0.311 e. The molecule has 104 valence electrons. The monoisotopic (exact) mass is 322 g/mol. The highest BCUT2D eigenvalue weighted by Crippen LogP contribution is 2.29. The Morgan fingerprint density at radius 1 is 1.37 bits per heavy atom. The van der Waals surface area contributed by atoms with Gasteiger partial charge in [-0.25, -0.2) is 8.42 Å². The first kappa shape index (κ1) is 14.6. The van der Waals surface area contributed by atoms with Crippen LogP contribution in [0.3, 0.4) is 0 Å². The maximum absolute atomic E-state index is 11.7. The Morgan fingerprint density at radius 2 is 2.11 bits per heavy atom. The molecule has 0 aromatic heterocycles. The van der Waals surface area contributed by atoms with E-state index in [-0.39, 0.29) is 34.6 Å². The molecule has 2 rings (SSSR count). The van der Waals surface area contributed by atoms with Crippen LogP contribution in [-0.4, -0.2) is 25.9 Å². The molecule has 1 fully saturated rings. The lowest BCUT2D eigenvalue weighted by Crippen LogP contribution is -2.15. The minimum atomic E-state index is -2.98. The predicted octanol–water partition coefficient (Wildman–Crippen LogP) is 2.72.